The van der Waals surface area contributed by atoms with Crippen LogP contribution < -0.4 is 10.3 Å². The van der Waals surface area contributed by atoms with Crippen LogP contribution in [0.15, 0.2) is 65.0 Å². The largest absolute Gasteiger partial charge is 0.494 e. The number of fused-ring (bicyclic) bond motifs is 1. The van der Waals surface area contributed by atoms with E-state index in [4.69, 9.17) is 4.74 Å². The van der Waals surface area contributed by atoms with Crippen molar-refractivity contribution in [1.29, 1.82) is 0 Å². The van der Waals surface area contributed by atoms with E-state index >= 15 is 0 Å². The van der Waals surface area contributed by atoms with E-state index in [-0.39, 0.29) is 11.4 Å². The number of nitrogens with zero attached hydrogens (tertiary/aromatic N) is 2. The molecule has 0 bridgehead atoms. The first kappa shape index (κ1) is 19.3. The lowest BCUT2D eigenvalue weighted by molar-refractivity contribution is 0.303. The number of benzene rings is 2. The lowest BCUT2D eigenvalue weighted by atomic mass is 10.1. The van der Waals surface area contributed by atoms with Gasteiger partial charge in [0.2, 0.25) is 0 Å². The quantitative estimate of drug-likeness (QED) is 0.383. The van der Waals surface area contributed by atoms with E-state index in [0.717, 1.165) is 29.7 Å². The fraction of sp³-hybridized carbons (Fsp3) is 0.217. The summed E-state index contributed by atoms with van der Waals surface area (Å²) in [4.78, 5) is 18.1. The standard InChI is InChI=1S/C23H21FN2O2S/c1-16-4-10-19(11-5-16)28-13-3-2-12-26-15-25-22-21(23(26)27)20(14-29-22)17-6-8-18(24)9-7-17/h4-11,14-15H,2-3,12-13H2,1H3. The Morgan fingerprint density at radius 1 is 1.07 bits per heavy atom. The van der Waals surface area contributed by atoms with Crippen molar-refractivity contribution < 1.29 is 9.13 Å². The lowest BCUT2D eigenvalue weighted by Gasteiger charge is -2.08. The van der Waals surface area contributed by atoms with E-state index in [1.165, 1.54) is 29.0 Å². The van der Waals surface area contributed by atoms with Crippen molar-refractivity contribution in [3.63, 3.8) is 0 Å². The number of aryl methyl sites for hydroxylation is 2. The van der Waals surface area contributed by atoms with Crippen LogP contribution in [0.25, 0.3) is 21.3 Å². The van der Waals surface area contributed by atoms with E-state index in [9.17, 15) is 9.18 Å². The first-order chi connectivity index (χ1) is 14.1. The number of thiophene rings is 1. The Labute approximate surface area is 172 Å². The number of hydrogen-bond acceptors (Lipinski definition) is 4. The van der Waals surface area contributed by atoms with Gasteiger partial charge in [0, 0.05) is 17.5 Å². The maximum atomic E-state index is 13.2. The van der Waals surface area contributed by atoms with Crippen molar-refractivity contribution >= 4 is 21.6 Å². The molecular weight excluding hydrogens is 387 g/mol. The van der Waals surface area contributed by atoms with Crippen molar-refractivity contribution in [3.05, 3.63) is 82.0 Å². The number of halogens is 1. The Bertz CT molecular complexity index is 1160. The zero-order valence-electron chi connectivity index (χ0n) is 16.1. The Kier molecular flexibility index (Phi) is 5.71. The third-order valence-electron chi connectivity index (χ3n) is 4.80. The van der Waals surface area contributed by atoms with Crippen molar-refractivity contribution in [2.75, 3.05) is 6.61 Å². The molecule has 0 aliphatic carbocycles. The van der Waals surface area contributed by atoms with E-state index in [1.807, 2.05) is 36.6 Å². The van der Waals surface area contributed by atoms with Gasteiger partial charge < -0.3 is 4.74 Å². The minimum absolute atomic E-state index is 0.0602. The second-order valence-corrected chi connectivity index (χ2v) is 7.81. The van der Waals surface area contributed by atoms with Gasteiger partial charge in [0.05, 0.1) is 18.3 Å². The normalized spacial score (nSPS) is 11.1. The molecule has 0 aliphatic rings. The van der Waals surface area contributed by atoms with Gasteiger partial charge in [0.1, 0.15) is 16.4 Å². The van der Waals surface area contributed by atoms with Gasteiger partial charge in [-0.05, 0) is 49.6 Å². The molecular formula is C23H21FN2O2S. The van der Waals surface area contributed by atoms with E-state index < -0.39 is 0 Å². The third-order valence-corrected chi connectivity index (χ3v) is 5.69. The van der Waals surface area contributed by atoms with Crippen LogP contribution in [0.5, 0.6) is 5.75 Å². The second kappa shape index (κ2) is 8.57. The highest BCUT2D eigenvalue weighted by atomic mass is 32.1. The molecule has 6 heteroatoms. The molecule has 0 fully saturated rings. The van der Waals surface area contributed by atoms with E-state index in [0.29, 0.717) is 23.4 Å². The Balaban J connectivity index is 1.43. The zero-order valence-corrected chi connectivity index (χ0v) is 16.9. The summed E-state index contributed by atoms with van der Waals surface area (Å²) in [6.45, 7) is 3.23. The molecule has 148 valence electrons. The van der Waals surface area contributed by atoms with Crippen LogP contribution in [0, 0.1) is 12.7 Å². The summed E-state index contributed by atoms with van der Waals surface area (Å²) in [6.07, 6.45) is 3.26. The number of ether oxygens (including phenoxy) is 1. The number of unbranched alkanes of at least 4 members (excludes halogenated alkanes) is 1. The summed E-state index contributed by atoms with van der Waals surface area (Å²) >= 11 is 1.43. The fourth-order valence-electron chi connectivity index (χ4n) is 3.18. The average Bonchev–Trinajstić information content (AvgIpc) is 3.16. The predicted octanol–water partition coefficient (Wildman–Crippen LogP) is 5.43. The third kappa shape index (κ3) is 4.38. The molecule has 4 aromatic rings. The van der Waals surface area contributed by atoms with Crippen molar-refractivity contribution in [1.82, 2.24) is 9.55 Å². The second-order valence-electron chi connectivity index (χ2n) is 6.95. The summed E-state index contributed by atoms with van der Waals surface area (Å²) in [5, 5.41) is 2.51. The topological polar surface area (TPSA) is 44.1 Å². The van der Waals surface area contributed by atoms with Crippen molar-refractivity contribution in [2.45, 2.75) is 26.3 Å². The molecule has 0 aliphatic heterocycles. The van der Waals surface area contributed by atoms with Gasteiger partial charge in [-0.1, -0.05) is 29.8 Å². The van der Waals surface area contributed by atoms with Crippen LogP contribution >= 0.6 is 11.3 Å². The number of rotatable bonds is 7. The molecule has 0 saturated heterocycles. The van der Waals surface area contributed by atoms with Crippen molar-refractivity contribution in [3.8, 4) is 16.9 Å². The minimum Gasteiger partial charge on any atom is -0.494 e. The molecule has 0 saturated carbocycles. The van der Waals surface area contributed by atoms with Crippen LogP contribution in [0.2, 0.25) is 0 Å². The van der Waals surface area contributed by atoms with Crippen LogP contribution in [-0.2, 0) is 6.54 Å². The zero-order chi connectivity index (χ0) is 20.2. The van der Waals surface area contributed by atoms with Gasteiger partial charge in [-0.3, -0.25) is 9.36 Å². The van der Waals surface area contributed by atoms with Gasteiger partial charge in [-0.15, -0.1) is 11.3 Å². The Morgan fingerprint density at radius 2 is 1.83 bits per heavy atom. The van der Waals surface area contributed by atoms with E-state index in [1.54, 1.807) is 23.0 Å². The Hall–Kier alpha value is -2.99. The maximum absolute atomic E-state index is 13.2. The van der Waals surface area contributed by atoms with Gasteiger partial charge >= 0.3 is 0 Å². The van der Waals surface area contributed by atoms with Crippen LogP contribution in [0.4, 0.5) is 4.39 Å². The SMILES string of the molecule is Cc1ccc(OCCCCn2cnc3scc(-c4ccc(F)cc4)c3c2=O)cc1. The molecule has 2 aromatic carbocycles. The molecule has 29 heavy (non-hydrogen) atoms. The smallest absolute Gasteiger partial charge is 0.262 e. The lowest BCUT2D eigenvalue weighted by Crippen LogP contribution is -2.20. The molecule has 4 rings (SSSR count). The first-order valence-corrected chi connectivity index (χ1v) is 10.4. The van der Waals surface area contributed by atoms with Gasteiger partial charge in [-0.2, -0.15) is 0 Å². The minimum atomic E-state index is -0.295. The summed E-state index contributed by atoms with van der Waals surface area (Å²) < 4.78 is 20.6. The summed E-state index contributed by atoms with van der Waals surface area (Å²) in [5.74, 6) is 0.565. The van der Waals surface area contributed by atoms with Gasteiger partial charge in [-0.25, -0.2) is 9.37 Å². The number of aromatic nitrogens is 2. The monoisotopic (exact) mass is 408 g/mol. The highest BCUT2D eigenvalue weighted by molar-refractivity contribution is 7.17. The molecule has 0 amide bonds. The van der Waals surface area contributed by atoms with E-state index in [2.05, 4.69) is 4.98 Å². The molecule has 4 nitrogen and oxygen atoms in total. The van der Waals surface area contributed by atoms with Gasteiger partial charge in [0.15, 0.2) is 0 Å². The maximum Gasteiger partial charge on any atom is 0.262 e. The molecule has 2 heterocycles. The molecule has 0 unspecified atom stereocenters. The van der Waals surface area contributed by atoms with Crippen LogP contribution in [-0.4, -0.2) is 16.2 Å². The van der Waals surface area contributed by atoms with Crippen LogP contribution in [0.3, 0.4) is 0 Å². The predicted molar refractivity (Wildman–Crippen MR) is 115 cm³/mol. The van der Waals surface area contributed by atoms with Gasteiger partial charge in [0.25, 0.3) is 5.56 Å². The average molecular weight is 408 g/mol. The van der Waals surface area contributed by atoms with Crippen LogP contribution in [0.1, 0.15) is 18.4 Å². The highest BCUT2D eigenvalue weighted by Crippen LogP contribution is 2.30. The molecule has 0 radical (unpaired) electrons. The highest BCUT2D eigenvalue weighted by Gasteiger charge is 2.13. The summed E-state index contributed by atoms with van der Waals surface area (Å²) in [7, 11) is 0. The fourth-order valence-corrected chi connectivity index (χ4v) is 4.08. The molecule has 0 spiro atoms. The summed E-state index contributed by atoms with van der Waals surface area (Å²) in [6, 6.07) is 14.2. The molecule has 2 aromatic heterocycles. The Morgan fingerprint density at radius 3 is 2.59 bits per heavy atom. The first-order valence-electron chi connectivity index (χ1n) is 9.54. The number of hydrogen-bond donors (Lipinski definition) is 0. The van der Waals surface area contributed by atoms with Crippen molar-refractivity contribution in [2.24, 2.45) is 0 Å². The molecule has 0 N–H and O–H groups in total. The summed E-state index contributed by atoms with van der Waals surface area (Å²) in [5.41, 5.74) is 2.77. The molecule has 0 atom stereocenters.